The number of aromatic nitrogens is 2. The van der Waals surface area contributed by atoms with E-state index in [0.717, 1.165) is 17.7 Å². The minimum absolute atomic E-state index is 0.0766. The second-order valence-electron chi connectivity index (χ2n) is 6.06. The lowest BCUT2D eigenvalue weighted by Crippen LogP contribution is -2.39. The molecule has 2 rings (SSSR count). The summed E-state index contributed by atoms with van der Waals surface area (Å²) in [6, 6.07) is 7.41. The molecule has 7 heteroatoms. The van der Waals surface area contributed by atoms with E-state index in [1.54, 1.807) is 29.9 Å². The van der Waals surface area contributed by atoms with Crippen LogP contribution < -0.4 is 14.8 Å². The second-order valence-corrected chi connectivity index (χ2v) is 6.06. The number of nitrogens with one attached hydrogen (secondary N) is 1. The summed E-state index contributed by atoms with van der Waals surface area (Å²) in [5.74, 6) is 1.37. The van der Waals surface area contributed by atoms with Crippen LogP contribution in [-0.2, 0) is 13.6 Å². The zero-order chi connectivity index (χ0) is 19.1. The van der Waals surface area contributed by atoms with E-state index < -0.39 is 0 Å². The molecule has 0 radical (unpaired) electrons. The van der Waals surface area contributed by atoms with Crippen LogP contribution in [0.2, 0.25) is 0 Å². The van der Waals surface area contributed by atoms with Crippen LogP contribution in [0.4, 0.5) is 4.79 Å². The van der Waals surface area contributed by atoms with E-state index >= 15 is 0 Å². The number of carbonyl (C=O) groups is 1. The monoisotopic (exact) mass is 360 g/mol. The molecule has 7 nitrogen and oxygen atoms in total. The standard InChI is InChI=1S/C19H28N4O3/c1-6-15(16-10-11-20-23(16)4)21-19(24)22(3)13-14-8-9-17(25-5)18(12-14)26-7-2/h8-12,15H,6-7,13H2,1-5H3,(H,21,24). The van der Waals surface area contributed by atoms with E-state index in [4.69, 9.17) is 9.47 Å². The van der Waals surface area contributed by atoms with Gasteiger partial charge in [-0.25, -0.2) is 4.79 Å². The topological polar surface area (TPSA) is 68.6 Å². The fraction of sp³-hybridized carbons (Fsp3) is 0.474. The minimum atomic E-state index is -0.133. The van der Waals surface area contributed by atoms with Crippen molar-refractivity contribution in [3.8, 4) is 11.5 Å². The second kappa shape index (κ2) is 9.12. The van der Waals surface area contributed by atoms with Crippen molar-refractivity contribution in [2.45, 2.75) is 32.9 Å². The van der Waals surface area contributed by atoms with E-state index in [1.807, 2.05) is 45.2 Å². The zero-order valence-corrected chi connectivity index (χ0v) is 16.2. The number of hydrogen-bond acceptors (Lipinski definition) is 4. The SMILES string of the molecule is CCOc1cc(CN(C)C(=O)NC(CC)c2ccnn2C)ccc1OC. The lowest BCUT2D eigenvalue weighted by Gasteiger charge is -2.23. The number of urea groups is 1. The average molecular weight is 360 g/mol. The van der Waals surface area contributed by atoms with Gasteiger partial charge in [0.15, 0.2) is 11.5 Å². The number of amides is 2. The largest absolute Gasteiger partial charge is 0.493 e. The van der Waals surface area contributed by atoms with Crippen molar-refractivity contribution in [2.24, 2.45) is 7.05 Å². The Labute approximate surface area is 154 Å². The zero-order valence-electron chi connectivity index (χ0n) is 16.2. The van der Waals surface area contributed by atoms with E-state index in [-0.39, 0.29) is 12.1 Å². The maximum absolute atomic E-state index is 12.6. The van der Waals surface area contributed by atoms with Gasteiger partial charge >= 0.3 is 6.03 Å². The number of nitrogens with zero attached hydrogens (tertiary/aromatic N) is 3. The lowest BCUT2D eigenvalue weighted by molar-refractivity contribution is 0.201. The van der Waals surface area contributed by atoms with Crippen LogP contribution >= 0.6 is 0 Å². The van der Waals surface area contributed by atoms with Crippen molar-refractivity contribution in [3.05, 3.63) is 41.7 Å². The molecule has 0 aliphatic carbocycles. The summed E-state index contributed by atoms with van der Waals surface area (Å²) in [5, 5.41) is 7.24. The molecule has 0 saturated carbocycles. The van der Waals surface area contributed by atoms with Gasteiger partial charge < -0.3 is 19.7 Å². The highest BCUT2D eigenvalue weighted by Gasteiger charge is 2.18. The number of hydrogen-bond donors (Lipinski definition) is 1. The Kier molecular flexibility index (Phi) is 6.89. The van der Waals surface area contributed by atoms with Gasteiger partial charge in [-0.2, -0.15) is 5.10 Å². The summed E-state index contributed by atoms with van der Waals surface area (Å²) in [6.45, 7) is 4.99. The van der Waals surface area contributed by atoms with Crippen molar-refractivity contribution in [1.29, 1.82) is 0 Å². The molecule has 26 heavy (non-hydrogen) atoms. The van der Waals surface area contributed by atoms with Crippen LogP contribution in [-0.4, -0.2) is 41.5 Å². The molecule has 1 heterocycles. The Balaban J connectivity index is 2.04. The highest BCUT2D eigenvalue weighted by molar-refractivity contribution is 5.74. The first-order valence-electron chi connectivity index (χ1n) is 8.79. The van der Waals surface area contributed by atoms with Crippen LogP contribution in [0.5, 0.6) is 11.5 Å². The Morgan fingerprint density at radius 1 is 1.31 bits per heavy atom. The van der Waals surface area contributed by atoms with Gasteiger partial charge in [-0.15, -0.1) is 0 Å². The fourth-order valence-corrected chi connectivity index (χ4v) is 2.80. The maximum atomic E-state index is 12.6. The fourth-order valence-electron chi connectivity index (χ4n) is 2.80. The first kappa shape index (κ1) is 19.6. The molecule has 0 spiro atoms. The van der Waals surface area contributed by atoms with E-state index in [9.17, 15) is 4.79 Å². The number of benzene rings is 1. The Morgan fingerprint density at radius 2 is 2.08 bits per heavy atom. The third-order valence-corrected chi connectivity index (χ3v) is 4.22. The molecule has 1 N–H and O–H groups in total. The molecule has 0 fully saturated rings. The van der Waals surface area contributed by atoms with Crippen molar-refractivity contribution < 1.29 is 14.3 Å². The van der Waals surface area contributed by atoms with Gasteiger partial charge in [0.2, 0.25) is 0 Å². The molecule has 2 amide bonds. The molecule has 142 valence electrons. The normalized spacial score (nSPS) is 11.7. The highest BCUT2D eigenvalue weighted by Crippen LogP contribution is 2.28. The van der Waals surface area contributed by atoms with Crippen molar-refractivity contribution >= 4 is 6.03 Å². The Bertz CT molecular complexity index is 729. The maximum Gasteiger partial charge on any atom is 0.317 e. The molecule has 0 aliphatic rings. The summed E-state index contributed by atoms with van der Waals surface area (Å²) in [7, 11) is 5.26. The molecule has 1 aromatic heterocycles. The van der Waals surface area contributed by atoms with Gasteiger partial charge in [0, 0.05) is 26.8 Å². The van der Waals surface area contributed by atoms with Gasteiger partial charge in [0.05, 0.1) is 25.5 Å². The molecular formula is C19H28N4O3. The van der Waals surface area contributed by atoms with Crippen LogP contribution in [0, 0.1) is 0 Å². The van der Waals surface area contributed by atoms with Gasteiger partial charge in [0.25, 0.3) is 0 Å². The van der Waals surface area contributed by atoms with Gasteiger partial charge in [-0.05, 0) is 37.1 Å². The van der Waals surface area contributed by atoms with Gasteiger partial charge in [-0.1, -0.05) is 13.0 Å². The highest BCUT2D eigenvalue weighted by atomic mass is 16.5. The first-order chi connectivity index (χ1) is 12.5. The molecule has 0 bridgehead atoms. The van der Waals surface area contributed by atoms with Crippen LogP contribution in [0.1, 0.15) is 37.6 Å². The molecule has 0 saturated heterocycles. The van der Waals surface area contributed by atoms with Crippen LogP contribution in [0.15, 0.2) is 30.5 Å². The van der Waals surface area contributed by atoms with E-state index in [1.165, 1.54) is 0 Å². The van der Waals surface area contributed by atoms with Crippen molar-refractivity contribution in [3.63, 3.8) is 0 Å². The molecule has 1 unspecified atom stereocenters. The Hall–Kier alpha value is -2.70. The quantitative estimate of drug-likeness (QED) is 0.785. The predicted octanol–water partition coefficient (Wildman–Crippen LogP) is 3.12. The van der Waals surface area contributed by atoms with Crippen LogP contribution in [0.3, 0.4) is 0 Å². The van der Waals surface area contributed by atoms with E-state index in [2.05, 4.69) is 10.4 Å². The van der Waals surface area contributed by atoms with E-state index in [0.29, 0.717) is 24.7 Å². The molecule has 1 aromatic carbocycles. The van der Waals surface area contributed by atoms with Gasteiger partial charge in [0.1, 0.15) is 0 Å². The van der Waals surface area contributed by atoms with Crippen molar-refractivity contribution in [1.82, 2.24) is 20.0 Å². The molecular weight excluding hydrogens is 332 g/mol. The number of ether oxygens (including phenoxy) is 2. The smallest absolute Gasteiger partial charge is 0.317 e. The molecule has 2 aromatic rings. The average Bonchev–Trinajstić information content (AvgIpc) is 3.05. The third-order valence-electron chi connectivity index (χ3n) is 4.22. The summed E-state index contributed by atoms with van der Waals surface area (Å²) in [5.41, 5.74) is 1.96. The lowest BCUT2D eigenvalue weighted by atomic mass is 10.1. The first-order valence-corrected chi connectivity index (χ1v) is 8.79. The predicted molar refractivity (Wildman–Crippen MR) is 100 cm³/mol. The minimum Gasteiger partial charge on any atom is -0.493 e. The molecule has 1 atom stereocenters. The number of carbonyl (C=O) groups excluding carboxylic acids is 1. The third kappa shape index (κ3) is 4.68. The number of aryl methyl sites for hydroxylation is 1. The summed E-state index contributed by atoms with van der Waals surface area (Å²) in [6.07, 6.45) is 2.52. The summed E-state index contributed by atoms with van der Waals surface area (Å²) in [4.78, 5) is 14.2. The molecule has 0 aliphatic heterocycles. The Morgan fingerprint density at radius 3 is 2.65 bits per heavy atom. The number of rotatable bonds is 8. The number of methoxy groups -OCH3 is 1. The van der Waals surface area contributed by atoms with Gasteiger partial charge in [-0.3, -0.25) is 4.68 Å². The summed E-state index contributed by atoms with van der Waals surface area (Å²) < 4.78 is 12.7. The van der Waals surface area contributed by atoms with Crippen molar-refractivity contribution in [2.75, 3.05) is 20.8 Å². The van der Waals surface area contributed by atoms with Crippen LogP contribution in [0.25, 0.3) is 0 Å². The summed E-state index contributed by atoms with van der Waals surface area (Å²) >= 11 is 0.